The second kappa shape index (κ2) is 6.79. The summed E-state index contributed by atoms with van der Waals surface area (Å²) in [5.41, 5.74) is 6.43. The molecule has 1 N–H and O–H groups in total. The van der Waals surface area contributed by atoms with Crippen molar-refractivity contribution < 1.29 is 0 Å². The first kappa shape index (κ1) is 17.1. The van der Waals surface area contributed by atoms with Gasteiger partial charge in [0, 0.05) is 22.1 Å². The van der Waals surface area contributed by atoms with Crippen LogP contribution in [0.5, 0.6) is 0 Å². The SMILES string of the molecule is Cc1cc(/C=C(\C#N)c2nc3ccccc3[nH]2)c(C)n1-c1ccc(Cl)cc1. The van der Waals surface area contributed by atoms with Crippen molar-refractivity contribution in [3.05, 3.63) is 82.4 Å². The van der Waals surface area contributed by atoms with Crippen molar-refractivity contribution in [2.24, 2.45) is 0 Å². The highest BCUT2D eigenvalue weighted by Gasteiger charge is 2.13. The summed E-state index contributed by atoms with van der Waals surface area (Å²) in [6, 6.07) is 19.8. The lowest BCUT2D eigenvalue weighted by Gasteiger charge is -2.09. The van der Waals surface area contributed by atoms with Crippen LogP contribution in [0.3, 0.4) is 0 Å². The monoisotopic (exact) mass is 372 g/mol. The summed E-state index contributed by atoms with van der Waals surface area (Å²) < 4.78 is 2.15. The van der Waals surface area contributed by atoms with Crippen LogP contribution >= 0.6 is 11.6 Å². The summed E-state index contributed by atoms with van der Waals surface area (Å²) >= 11 is 6.01. The lowest BCUT2D eigenvalue weighted by molar-refractivity contribution is 0.964. The molecule has 0 fully saturated rings. The molecule has 0 amide bonds. The summed E-state index contributed by atoms with van der Waals surface area (Å²) in [6.07, 6.45) is 1.88. The predicted molar refractivity (Wildman–Crippen MR) is 110 cm³/mol. The number of rotatable bonds is 3. The van der Waals surface area contributed by atoms with Gasteiger partial charge in [-0.25, -0.2) is 4.98 Å². The fourth-order valence-electron chi connectivity index (χ4n) is 3.31. The molecule has 0 bridgehead atoms. The zero-order valence-electron chi connectivity index (χ0n) is 15.0. The topological polar surface area (TPSA) is 57.4 Å². The molecular weight excluding hydrogens is 356 g/mol. The molecule has 4 aromatic rings. The molecule has 0 spiro atoms. The molecule has 4 rings (SSSR count). The minimum atomic E-state index is 0.502. The van der Waals surface area contributed by atoms with Crippen molar-refractivity contribution >= 4 is 34.3 Å². The maximum absolute atomic E-state index is 9.68. The number of H-pyrrole nitrogens is 1. The van der Waals surface area contributed by atoms with E-state index < -0.39 is 0 Å². The molecule has 0 atom stereocenters. The molecule has 2 heterocycles. The molecule has 0 aliphatic carbocycles. The Morgan fingerprint density at radius 3 is 2.59 bits per heavy atom. The highest BCUT2D eigenvalue weighted by atomic mass is 35.5. The van der Waals surface area contributed by atoms with Gasteiger partial charge < -0.3 is 9.55 Å². The molecule has 132 valence electrons. The minimum absolute atomic E-state index is 0.502. The van der Waals surface area contributed by atoms with Gasteiger partial charge in [-0.3, -0.25) is 0 Å². The van der Waals surface area contributed by atoms with Crippen molar-refractivity contribution in [1.82, 2.24) is 14.5 Å². The number of aromatic nitrogens is 3. The molecular formula is C22H17ClN4. The van der Waals surface area contributed by atoms with Crippen LogP contribution in [0.25, 0.3) is 28.4 Å². The van der Waals surface area contributed by atoms with Gasteiger partial charge >= 0.3 is 0 Å². The van der Waals surface area contributed by atoms with Crippen LogP contribution in [0.1, 0.15) is 22.8 Å². The van der Waals surface area contributed by atoms with Crippen molar-refractivity contribution in [2.45, 2.75) is 13.8 Å². The Labute approximate surface area is 162 Å². The van der Waals surface area contributed by atoms with E-state index in [1.165, 1.54) is 0 Å². The van der Waals surface area contributed by atoms with Gasteiger partial charge in [-0.1, -0.05) is 23.7 Å². The number of para-hydroxylation sites is 2. The number of nitrogens with zero attached hydrogens (tertiary/aromatic N) is 3. The quantitative estimate of drug-likeness (QED) is 0.470. The fourth-order valence-corrected chi connectivity index (χ4v) is 3.44. The first-order valence-corrected chi connectivity index (χ1v) is 8.96. The summed E-state index contributed by atoms with van der Waals surface area (Å²) in [4.78, 5) is 7.76. The molecule has 2 aromatic carbocycles. The number of hydrogen-bond donors (Lipinski definition) is 1. The summed E-state index contributed by atoms with van der Waals surface area (Å²) in [5.74, 6) is 0.579. The summed E-state index contributed by atoms with van der Waals surface area (Å²) in [5, 5.41) is 10.4. The Bertz CT molecular complexity index is 1170. The molecule has 0 aliphatic rings. The Balaban J connectivity index is 1.79. The van der Waals surface area contributed by atoms with E-state index in [0.717, 1.165) is 33.7 Å². The molecule has 0 unspecified atom stereocenters. The third-order valence-corrected chi connectivity index (χ3v) is 4.87. The van der Waals surface area contributed by atoms with Crippen LogP contribution in [-0.4, -0.2) is 14.5 Å². The van der Waals surface area contributed by atoms with E-state index in [0.29, 0.717) is 16.4 Å². The number of allylic oxidation sites excluding steroid dienone is 1. The van der Waals surface area contributed by atoms with E-state index in [9.17, 15) is 5.26 Å². The van der Waals surface area contributed by atoms with Gasteiger partial charge in [0.1, 0.15) is 11.9 Å². The molecule has 5 heteroatoms. The van der Waals surface area contributed by atoms with Gasteiger partial charge in [0.2, 0.25) is 0 Å². The number of aryl methyl sites for hydroxylation is 1. The lowest BCUT2D eigenvalue weighted by atomic mass is 10.1. The normalized spacial score (nSPS) is 11.7. The van der Waals surface area contributed by atoms with Gasteiger partial charge in [-0.15, -0.1) is 0 Å². The van der Waals surface area contributed by atoms with E-state index in [2.05, 4.69) is 26.7 Å². The average Bonchev–Trinajstić information content (AvgIpc) is 3.21. The second-order valence-corrected chi connectivity index (χ2v) is 6.85. The molecule has 2 aromatic heterocycles. The van der Waals surface area contributed by atoms with E-state index in [-0.39, 0.29) is 0 Å². The molecule has 4 nitrogen and oxygen atoms in total. The van der Waals surface area contributed by atoms with Crippen LogP contribution in [0.4, 0.5) is 0 Å². The number of hydrogen-bond acceptors (Lipinski definition) is 2. The summed E-state index contributed by atoms with van der Waals surface area (Å²) in [7, 11) is 0. The first-order valence-electron chi connectivity index (χ1n) is 8.58. The maximum atomic E-state index is 9.68. The third-order valence-electron chi connectivity index (χ3n) is 4.62. The maximum Gasteiger partial charge on any atom is 0.149 e. The van der Waals surface area contributed by atoms with Gasteiger partial charge in [0.25, 0.3) is 0 Å². The van der Waals surface area contributed by atoms with E-state index >= 15 is 0 Å². The minimum Gasteiger partial charge on any atom is -0.337 e. The van der Waals surface area contributed by atoms with Crippen molar-refractivity contribution in [3.63, 3.8) is 0 Å². The second-order valence-electron chi connectivity index (χ2n) is 6.41. The van der Waals surface area contributed by atoms with Crippen molar-refractivity contribution in [2.75, 3.05) is 0 Å². The molecule has 27 heavy (non-hydrogen) atoms. The fraction of sp³-hybridized carbons (Fsp3) is 0.0909. The third kappa shape index (κ3) is 3.14. The first-order chi connectivity index (χ1) is 13.1. The standard InChI is InChI=1S/C22H17ClN4/c1-14-11-16(15(2)27(14)19-9-7-18(23)8-10-19)12-17(13-24)22-25-20-5-3-4-6-21(20)26-22/h3-12H,1-2H3,(H,25,26)/b17-12+. The Morgan fingerprint density at radius 2 is 1.89 bits per heavy atom. The number of imidazole rings is 1. The van der Waals surface area contributed by atoms with Crippen molar-refractivity contribution in [3.8, 4) is 11.8 Å². The average molecular weight is 373 g/mol. The number of fused-ring (bicyclic) bond motifs is 1. The molecule has 0 radical (unpaired) electrons. The van der Waals surface area contributed by atoms with Gasteiger partial charge in [-0.05, 0) is 68.0 Å². The largest absolute Gasteiger partial charge is 0.337 e. The highest BCUT2D eigenvalue weighted by Crippen LogP contribution is 2.26. The number of aromatic amines is 1. The Kier molecular flexibility index (Phi) is 4.31. The van der Waals surface area contributed by atoms with Gasteiger partial charge in [0.15, 0.2) is 0 Å². The highest BCUT2D eigenvalue weighted by molar-refractivity contribution is 6.30. The Hall–Kier alpha value is -3.29. The molecule has 0 aliphatic heterocycles. The van der Waals surface area contributed by atoms with Crippen molar-refractivity contribution in [1.29, 1.82) is 5.26 Å². The zero-order valence-corrected chi connectivity index (χ0v) is 15.7. The van der Waals surface area contributed by atoms with Gasteiger partial charge in [0.05, 0.1) is 16.6 Å². The molecule has 0 saturated carbocycles. The zero-order chi connectivity index (χ0) is 19.0. The van der Waals surface area contributed by atoms with Crippen LogP contribution in [-0.2, 0) is 0 Å². The van der Waals surface area contributed by atoms with E-state index in [1.807, 2.05) is 68.5 Å². The number of halogens is 1. The predicted octanol–water partition coefficient (Wildman–Crippen LogP) is 5.69. The van der Waals surface area contributed by atoms with Crippen LogP contribution in [0.2, 0.25) is 5.02 Å². The van der Waals surface area contributed by atoms with Crippen LogP contribution in [0, 0.1) is 25.2 Å². The van der Waals surface area contributed by atoms with E-state index in [4.69, 9.17) is 11.6 Å². The van der Waals surface area contributed by atoms with Gasteiger partial charge in [-0.2, -0.15) is 5.26 Å². The summed E-state index contributed by atoms with van der Waals surface area (Å²) in [6.45, 7) is 4.09. The smallest absolute Gasteiger partial charge is 0.149 e. The van der Waals surface area contributed by atoms with E-state index in [1.54, 1.807) is 0 Å². The lowest BCUT2D eigenvalue weighted by Crippen LogP contribution is -1.98. The number of nitriles is 1. The number of benzene rings is 2. The molecule has 0 saturated heterocycles. The Morgan fingerprint density at radius 1 is 1.15 bits per heavy atom. The van der Waals surface area contributed by atoms with Crippen LogP contribution in [0.15, 0.2) is 54.6 Å². The van der Waals surface area contributed by atoms with Crippen LogP contribution < -0.4 is 0 Å². The number of nitrogens with one attached hydrogen (secondary N) is 1.